The second-order valence-electron chi connectivity index (χ2n) is 13.6. The molecule has 2 aliphatic rings. The number of fused-ring (bicyclic) bond motifs is 3. The molecule has 0 atom stereocenters. The molecule has 1 fully saturated rings. The highest BCUT2D eigenvalue weighted by Crippen LogP contribution is 2.57. The van der Waals surface area contributed by atoms with Gasteiger partial charge in [-0.2, -0.15) is 8.78 Å². The van der Waals surface area contributed by atoms with Crippen molar-refractivity contribution in [2.45, 2.75) is 45.1 Å². The largest absolute Gasteiger partial charge is 0.506 e. The van der Waals surface area contributed by atoms with Gasteiger partial charge in [0, 0.05) is 41.7 Å². The monoisotopic (exact) mass is 717 g/mol. The number of thiazole rings is 1. The number of carbonyl (C=O) groups excluding carboxylic acids is 1. The van der Waals surface area contributed by atoms with E-state index in [0.29, 0.717) is 35.8 Å². The number of phenolic OH excluding ortho intramolecular Hbond substituents is 1. The lowest BCUT2D eigenvalue weighted by Gasteiger charge is -2.41. The number of hydrogen-bond acceptors (Lipinski definition) is 7. The molecule has 0 radical (unpaired) electrons. The number of nitrogens with zero attached hydrogens (tertiary/aromatic N) is 3. The molecule has 2 amide bonds. The van der Waals surface area contributed by atoms with Crippen molar-refractivity contribution in [3.8, 4) is 22.1 Å². The SMILES string of the molecule is CC(C)CN1CCC2(CC1)CN(c1ccccc1NC(=O)Nc1ccc(OC(C)(F)F)cc1)c1c(O)ccc(-c3nc4cc(Cl)ccc4s3)c12. The Labute approximate surface area is 298 Å². The number of hydrogen-bond donors (Lipinski definition) is 3. The number of piperidine rings is 1. The van der Waals surface area contributed by atoms with Gasteiger partial charge < -0.3 is 30.3 Å². The van der Waals surface area contributed by atoms with Gasteiger partial charge in [-0.3, -0.25) is 0 Å². The van der Waals surface area contributed by atoms with Crippen LogP contribution in [0.3, 0.4) is 0 Å². The van der Waals surface area contributed by atoms with Crippen molar-refractivity contribution < 1.29 is 23.4 Å². The fourth-order valence-corrected chi connectivity index (χ4v) is 8.40. The molecule has 0 saturated carbocycles. The van der Waals surface area contributed by atoms with Crippen LogP contribution >= 0.6 is 22.9 Å². The summed E-state index contributed by atoms with van der Waals surface area (Å²) >= 11 is 7.93. The number of anilines is 4. The Morgan fingerprint density at radius 2 is 1.80 bits per heavy atom. The quantitative estimate of drug-likeness (QED) is 0.148. The van der Waals surface area contributed by atoms with Gasteiger partial charge in [0.1, 0.15) is 16.5 Å². The van der Waals surface area contributed by atoms with Gasteiger partial charge in [-0.1, -0.05) is 37.6 Å². The third-order valence-corrected chi connectivity index (χ3v) is 10.6. The van der Waals surface area contributed by atoms with E-state index in [9.17, 15) is 18.7 Å². The first-order valence-corrected chi connectivity index (χ1v) is 17.8. The summed E-state index contributed by atoms with van der Waals surface area (Å²) in [6.07, 6.45) is -1.52. The number of alkyl halides is 2. The minimum absolute atomic E-state index is 0.0145. The van der Waals surface area contributed by atoms with Gasteiger partial charge in [-0.15, -0.1) is 11.3 Å². The number of nitrogens with one attached hydrogen (secondary N) is 2. The van der Waals surface area contributed by atoms with E-state index >= 15 is 0 Å². The van der Waals surface area contributed by atoms with E-state index in [0.717, 1.165) is 70.2 Å². The zero-order valence-electron chi connectivity index (χ0n) is 28.0. The fraction of sp³-hybridized carbons (Fsp3) is 0.316. The first-order valence-electron chi connectivity index (χ1n) is 16.6. The summed E-state index contributed by atoms with van der Waals surface area (Å²) in [5, 5.41) is 18.9. The molecule has 50 heavy (non-hydrogen) atoms. The number of para-hydroxylation sites is 2. The highest BCUT2D eigenvalue weighted by molar-refractivity contribution is 7.21. The highest BCUT2D eigenvalue weighted by Gasteiger charge is 2.48. The average molecular weight is 718 g/mol. The summed E-state index contributed by atoms with van der Waals surface area (Å²) in [6, 6.07) is 22.2. The molecule has 7 rings (SSSR count). The average Bonchev–Trinajstić information content (AvgIpc) is 3.62. The molecule has 1 saturated heterocycles. The van der Waals surface area contributed by atoms with E-state index in [1.54, 1.807) is 17.4 Å². The summed E-state index contributed by atoms with van der Waals surface area (Å²) in [4.78, 5) is 22.9. The number of urea groups is 1. The normalized spacial score (nSPS) is 15.9. The van der Waals surface area contributed by atoms with Crippen LogP contribution in [-0.4, -0.2) is 53.3 Å². The molecule has 3 N–H and O–H groups in total. The van der Waals surface area contributed by atoms with Crippen molar-refractivity contribution in [2.75, 3.05) is 41.7 Å². The first kappa shape index (κ1) is 34.0. The lowest BCUT2D eigenvalue weighted by Crippen LogP contribution is -2.45. The zero-order valence-corrected chi connectivity index (χ0v) is 29.5. The van der Waals surface area contributed by atoms with E-state index in [4.69, 9.17) is 16.6 Å². The van der Waals surface area contributed by atoms with Crippen molar-refractivity contribution in [3.05, 3.63) is 89.4 Å². The van der Waals surface area contributed by atoms with Crippen LogP contribution in [0.5, 0.6) is 11.5 Å². The summed E-state index contributed by atoms with van der Waals surface area (Å²) in [5.74, 6) is 0.704. The third-order valence-electron chi connectivity index (χ3n) is 9.29. The molecule has 1 aromatic heterocycles. The molecule has 12 heteroatoms. The van der Waals surface area contributed by atoms with E-state index < -0.39 is 12.1 Å². The van der Waals surface area contributed by atoms with Crippen molar-refractivity contribution in [2.24, 2.45) is 5.92 Å². The standard InChI is InChI=1S/C38H38ClF2N5O3S/c1-23(2)21-45-18-16-38(17-19-45)22-46(34-31(47)14-13-27(33(34)38)35-43-29-20-24(39)8-15-32(29)50-35)30-7-5-4-6-28(30)44-36(48)42-25-9-11-26(12-10-25)49-37(3,40)41/h4-15,20,23,47H,16-19,21-22H2,1-3H3,(H2,42,44,48). The number of carbonyl (C=O) groups is 1. The van der Waals surface area contributed by atoms with Crippen molar-refractivity contribution in [1.82, 2.24) is 9.88 Å². The minimum Gasteiger partial charge on any atom is -0.506 e. The number of aromatic nitrogens is 1. The number of benzene rings is 4. The molecular formula is C38H38ClF2N5O3S. The maximum Gasteiger partial charge on any atom is 0.394 e. The van der Waals surface area contributed by atoms with Crippen LogP contribution in [0.25, 0.3) is 20.8 Å². The van der Waals surface area contributed by atoms with Gasteiger partial charge in [0.25, 0.3) is 0 Å². The van der Waals surface area contributed by atoms with Crippen LogP contribution in [-0.2, 0) is 5.41 Å². The number of aromatic hydroxyl groups is 1. The van der Waals surface area contributed by atoms with Crippen LogP contribution < -0.4 is 20.3 Å². The summed E-state index contributed by atoms with van der Waals surface area (Å²) in [7, 11) is 0. The van der Waals surface area contributed by atoms with Crippen molar-refractivity contribution in [3.63, 3.8) is 0 Å². The Morgan fingerprint density at radius 3 is 2.52 bits per heavy atom. The molecule has 4 aromatic carbocycles. The smallest absolute Gasteiger partial charge is 0.394 e. The molecule has 3 heterocycles. The predicted octanol–water partition coefficient (Wildman–Crippen LogP) is 10.1. The topological polar surface area (TPSA) is 90.0 Å². The van der Waals surface area contributed by atoms with E-state index in [1.807, 2.05) is 48.5 Å². The van der Waals surface area contributed by atoms with Crippen LogP contribution in [0.15, 0.2) is 78.9 Å². The Balaban J connectivity index is 1.24. The molecule has 0 unspecified atom stereocenters. The van der Waals surface area contributed by atoms with Gasteiger partial charge in [0.05, 0.1) is 27.3 Å². The van der Waals surface area contributed by atoms with Gasteiger partial charge in [-0.05, 0) is 104 Å². The molecule has 2 aliphatic heterocycles. The fourth-order valence-electron chi connectivity index (χ4n) is 7.25. The Morgan fingerprint density at radius 1 is 1.06 bits per heavy atom. The number of rotatable bonds is 8. The van der Waals surface area contributed by atoms with Crippen LogP contribution in [0.2, 0.25) is 5.02 Å². The summed E-state index contributed by atoms with van der Waals surface area (Å²) in [5.41, 5.74) is 5.04. The maximum absolute atomic E-state index is 13.3. The molecule has 0 aliphatic carbocycles. The van der Waals surface area contributed by atoms with Gasteiger partial charge in [0.2, 0.25) is 0 Å². The Kier molecular flexibility index (Phi) is 9.08. The third kappa shape index (κ3) is 6.95. The van der Waals surface area contributed by atoms with Crippen molar-refractivity contribution in [1.29, 1.82) is 0 Å². The molecule has 260 valence electrons. The second-order valence-corrected chi connectivity index (χ2v) is 15.0. The Bertz CT molecular complexity index is 2040. The molecule has 5 aromatic rings. The Hall–Kier alpha value is -4.45. The number of halogens is 3. The number of phenols is 1. The van der Waals surface area contributed by atoms with E-state index in [2.05, 4.69) is 39.0 Å². The maximum atomic E-state index is 13.3. The lowest BCUT2D eigenvalue weighted by molar-refractivity contribution is -0.158. The van der Waals surface area contributed by atoms with Gasteiger partial charge in [-0.25, -0.2) is 9.78 Å². The molecule has 0 bridgehead atoms. The number of amides is 2. The molecular weight excluding hydrogens is 680 g/mol. The van der Waals surface area contributed by atoms with Crippen LogP contribution in [0.1, 0.15) is 39.2 Å². The van der Waals surface area contributed by atoms with E-state index in [-0.39, 0.29) is 16.9 Å². The van der Waals surface area contributed by atoms with Crippen molar-refractivity contribution >= 4 is 61.9 Å². The zero-order chi connectivity index (χ0) is 35.2. The highest BCUT2D eigenvalue weighted by atomic mass is 35.5. The molecule has 8 nitrogen and oxygen atoms in total. The van der Waals surface area contributed by atoms with Crippen LogP contribution in [0.4, 0.5) is 36.3 Å². The summed E-state index contributed by atoms with van der Waals surface area (Å²) in [6.45, 7) is 8.64. The number of ether oxygens (including phenoxy) is 1. The lowest BCUT2D eigenvalue weighted by atomic mass is 9.72. The minimum atomic E-state index is -3.31. The second kappa shape index (κ2) is 13.4. The van der Waals surface area contributed by atoms with E-state index in [1.165, 1.54) is 24.3 Å². The van der Waals surface area contributed by atoms with Crippen LogP contribution in [0, 0.1) is 5.92 Å². The molecule has 1 spiro atoms. The first-order chi connectivity index (χ1) is 23.9. The predicted molar refractivity (Wildman–Crippen MR) is 198 cm³/mol. The van der Waals surface area contributed by atoms with Gasteiger partial charge >= 0.3 is 12.1 Å². The number of likely N-dealkylation sites (tertiary alicyclic amines) is 1. The van der Waals surface area contributed by atoms with Gasteiger partial charge in [0.15, 0.2) is 0 Å². The summed E-state index contributed by atoms with van der Waals surface area (Å²) < 4.78 is 32.1.